The minimum absolute atomic E-state index is 0.181. The number of hydrogen-bond donors (Lipinski definition) is 2. The normalized spacial score (nSPS) is 15.5. The van der Waals surface area contributed by atoms with Gasteiger partial charge in [0.1, 0.15) is 11.5 Å². The lowest BCUT2D eigenvalue weighted by Crippen LogP contribution is -2.44. The highest BCUT2D eigenvalue weighted by Crippen LogP contribution is 2.23. The first-order valence-electron chi connectivity index (χ1n) is 12.1. The topological polar surface area (TPSA) is 88.7 Å². The van der Waals surface area contributed by atoms with E-state index in [0.717, 1.165) is 50.2 Å². The summed E-state index contributed by atoms with van der Waals surface area (Å²) in [6, 6.07) is 11.2. The van der Waals surface area contributed by atoms with Crippen molar-refractivity contribution in [1.82, 2.24) is 20.1 Å². The van der Waals surface area contributed by atoms with Crippen LogP contribution in [0.4, 0.5) is 0 Å². The van der Waals surface area contributed by atoms with Crippen LogP contribution >= 0.6 is 0 Å². The van der Waals surface area contributed by atoms with E-state index < -0.39 is 0 Å². The maximum Gasteiger partial charge on any atom is 0.251 e. The van der Waals surface area contributed by atoms with Crippen LogP contribution in [0.2, 0.25) is 0 Å². The van der Waals surface area contributed by atoms with Crippen molar-refractivity contribution in [3.8, 4) is 5.75 Å². The Bertz CT molecular complexity index is 1240. The molecule has 3 aromatic rings. The molecule has 0 saturated carbocycles. The number of pyridine rings is 1. The van der Waals surface area contributed by atoms with Gasteiger partial charge in [-0.05, 0) is 63.2 Å². The minimum atomic E-state index is -0.270. The molecule has 0 atom stereocenters. The second kappa shape index (κ2) is 11.4. The number of hydrogen-bond acceptors (Lipinski definition) is 6. The van der Waals surface area contributed by atoms with Crippen molar-refractivity contribution >= 4 is 22.9 Å². The largest absolute Gasteiger partial charge is 0.497 e. The first kappa shape index (κ1) is 24.8. The van der Waals surface area contributed by atoms with Gasteiger partial charge in [-0.1, -0.05) is 5.57 Å². The molecule has 8 nitrogen and oxygen atoms in total. The van der Waals surface area contributed by atoms with E-state index >= 15 is 0 Å². The Morgan fingerprint density at radius 2 is 2.00 bits per heavy atom. The van der Waals surface area contributed by atoms with Crippen LogP contribution in [0, 0.1) is 0 Å². The van der Waals surface area contributed by atoms with Crippen LogP contribution in [0.1, 0.15) is 35.9 Å². The number of nitrogens with zero attached hydrogens (tertiary/aromatic N) is 2. The van der Waals surface area contributed by atoms with Crippen molar-refractivity contribution in [1.29, 1.82) is 0 Å². The van der Waals surface area contributed by atoms with Crippen molar-refractivity contribution in [2.24, 2.45) is 0 Å². The maximum absolute atomic E-state index is 13.0. The molecule has 186 valence electrons. The van der Waals surface area contributed by atoms with E-state index in [1.165, 1.54) is 11.6 Å². The van der Waals surface area contributed by atoms with Gasteiger partial charge in [-0.25, -0.2) is 0 Å². The number of aromatic nitrogens is 1. The zero-order valence-corrected chi connectivity index (χ0v) is 20.7. The van der Waals surface area contributed by atoms with Crippen molar-refractivity contribution in [3.63, 3.8) is 0 Å². The summed E-state index contributed by atoms with van der Waals surface area (Å²) in [7, 11) is 3.16. The zero-order chi connectivity index (χ0) is 24.8. The first-order valence-corrected chi connectivity index (χ1v) is 12.1. The van der Waals surface area contributed by atoms with Crippen LogP contribution in [0.25, 0.3) is 17.0 Å². The van der Waals surface area contributed by atoms with E-state index in [4.69, 9.17) is 9.15 Å². The van der Waals surface area contributed by atoms with E-state index in [9.17, 15) is 9.59 Å². The number of furan rings is 1. The molecule has 1 aliphatic heterocycles. The molecule has 3 heterocycles. The Labute approximate surface area is 205 Å². The monoisotopic (exact) mass is 478 g/mol. The lowest BCUT2D eigenvalue weighted by molar-refractivity contribution is 0.0964. The van der Waals surface area contributed by atoms with Crippen LogP contribution in [-0.4, -0.2) is 61.8 Å². The van der Waals surface area contributed by atoms with E-state index in [-0.39, 0.29) is 11.5 Å². The second-order valence-electron chi connectivity index (χ2n) is 9.01. The number of fused-ring (bicyclic) bond motifs is 1. The van der Waals surface area contributed by atoms with Crippen LogP contribution < -0.4 is 20.9 Å². The molecule has 4 rings (SSSR count). The fourth-order valence-electron chi connectivity index (χ4n) is 4.62. The van der Waals surface area contributed by atoms with Gasteiger partial charge in [0.2, 0.25) is 0 Å². The summed E-state index contributed by atoms with van der Waals surface area (Å²) in [6.07, 6.45) is 5.88. The summed E-state index contributed by atoms with van der Waals surface area (Å²) in [5.41, 5.74) is 2.16. The molecule has 1 fully saturated rings. The Kier molecular flexibility index (Phi) is 8.05. The molecule has 8 heteroatoms. The minimum Gasteiger partial charge on any atom is -0.497 e. The van der Waals surface area contributed by atoms with E-state index in [0.29, 0.717) is 29.4 Å². The molecule has 0 aliphatic carbocycles. The number of likely N-dealkylation sites (tertiary alicyclic amines) is 1. The van der Waals surface area contributed by atoms with Gasteiger partial charge in [-0.15, -0.1) is 0 Å². The van der Waals surface area contributed by atoms with Crippen molar-refractivity contribution in [3.05, 3.63) is 69.9 Å². The standard InChI is InChI=1S/C27H34N4O4/c1-19(15-22-5-4-14-35-22)18-29-20-8-10-30(11-9-20)12-13-31-25-16-21(34-3)6-7-23(25)24(17-26(31)32)27(33)28-2/h4-7,14-17,20,29H,8-13,18H2,1-3H3,(H,28,33)/b19-15+. The molecule has 0 bridgehead atoms. The molecule has 0 unspecified atom stereocenters. The summed E-state index contributed by atoms with van der Waals surface area (Å²) in [6.45, 7) is 6.23. The van der Waals surface area contributed by atoms with Gasteiger partial charge in [0.05, 0.1) is 24.5 Å². The summed E-state index contributed by atoms with van der Waals surface area (Å²) in [5.74, 6) is 1.26. The van der Waals surface area contributed by atoms with Crippen molar-refractivity contribution in [2.75, 3.05) is 40.3 Å². The highest BCUT2D eigenvalue weighted by atomic mass is 16.5. The first-order chi connectivity index (χ1) is 17.0. The molecule has 1 amide bonds. The molecule has 1 aliphatic rings. The Hall–Kier alpha value is -3.36. The summed E-state index contributed by atoms with van der Waals surface area (Å²) in [4.78, 5) is 27.7. The highest BCUT2D eigenvalue weighted by molar-refractivity contribution is 6.06. The third-order valence-electron chi connectivity index (χ3n) is 6.62. The molecule has 0 radical (unpaired) electrons. The fraction of sp³-hybridized carbons (Fsp3) is 0.407. The van der Waals surface area contributed by atoms with Crippen molar-refractivity contribution in [2.45, 2.75) is 32.4 Å². The molecule has 2 aromatic heterocycles. The zero-order valence-electron chi connectivity index (χ0n) is 20.7. The van der Waals surface area contributed by atoms with Gasteiger partial charge in [-0.2, -0.15) is 0 Å². The quantitative estimate of drug-likeness (QED) is 0.491. The predicted molar refractivity (Wildman–Crippen MR) is 138 cm³/mol. The average molecular weight is 479 g/mol. The predicted octanol–water partition coefficient (Wildman–Crippen LogP) is 3.12. The van der Waals surface area contributed by atoms with Crippen LogP contribution in [-0.2, 0) is 6.54 Å². The number of ether oxygens (including phenoxy) is 1. The molecule has 2 N–H and O–H groups in total. The highest BCUT2D eigenvalue weighted by Gasteiger charge is 2.20. The third kappa shape index (κ3) is 6.01. The fourth-order valence-corrected chi connectivity index (χ4v) is 4.62. The average Bonchev–Trinajstić information content (AvgIpc) is 3.39. The van der Waals surface area contributed by atoms with Crippen LogP contribution in [0.5, 0.6) is 5.75 Å². The molecular weight excluding hydrogens is 444 g/mol. The molecule has 35 heavy (non-hydrogen) atoms. The Morgan fingerprint density at radius 1 is 1.20 bits per heavy atom. The lowest BCUT2D eigenvalue weighted by Gasteiger charge is -2.32. The van der Waals surface area contributed by atoms with E-state index in [1.54, 1.807) is 25.0 Å². The molecular formula is C27H34N4O4. The smallest absolute Gasteiger partial charge is 0.251 e. The molecule has 1 aromatic carbocycles. The summed E-state index contributed by atoms with van der Waals surface area (Å²) >= 11 is 0. The summed E-state index contributed by atoms with van der Waals surface area (Å²) < 4.78 is 12.5. The number of carbonyl (C=O) groups excluding carboxylic acids is 1. The number of methoxy groups -OCH3 is 1. The lowest BCUT2D eigenvalue weighted by atomic mass is 10.0. The van der Waals surface area contributed by atoms with Crippen LogP contribution in [0.15, 0.2) is 57.4 Å². The number of nitrogens with one attached hydrogen (secondary N) is 2. The maximum atomic E-state index is 13.0. The number of benzene rings is 1. The SMILES string of the molecule is CNC(=O)c1cc(=O)n(CCN2CCC(NC/C(C)=C/c3ccco3)CC2)c2cc(OC)ccc12. The van der Waals surface area contributed by atoms with Gasteiger partial charge < -0.3 is 29.3 Å². The van der Waals surface area contributed by atoms with Gasteiger partial charge in [0, 0.05) is 50.2 Å². The van der Waals surface area contributed by atoms with Crippen molar-refractivity contribution < 1.29 is 13.9 Å². The number of piperidine rings is 1. The van der Waals surface area contributed by atoms with E-state index in [2.05, 4.69) is 28.5 Å². The number of amides is 1. The van der Waals surface area contributed by atoms with Gasteiger partial charge in [0.25, 0.3) is 11.5 Å². The van der Waals surface area contributed by atoms with Gasteiger partial charge in [0.15, 0.2) is 0 Å². The Balaban J connectivity index is 1.37. The van der Waals surface area contributed by atoms with Gasteiger partial charge >= 0.3 is 0 Å². The van der Waals surface area contributed by atoms with Gasteiger partial charge in [-0.3, -0.25) is 9.59 Å². The summed E-state index contributed by atoms with van der Waals surface area (Å²) in [5, 5.41) is 7.02. The number of carbonyl (C=O) groups is 1. The number of rotatable bonds is 9. The third-order valence-corrected chi connectivity index (χ3v) is 6.62. The van der Waals surface area contributed by atoms with E-state index in [1.807, 2.05) is 30.3 Å². The molecule has 1 saturated heterocycles. The Morgan fingerprint density at radius 3 is 2.69 bits per heavy atom. The van der Waals surface area contributed by atoms with Crippen LogP contribution in [0.3, 0.4) is 0 Å². The second-order valence-corrected chi connectivity index (χ2v) is 9.01. The molecule has 0 spiro atoms.